The van der Waals surface area contributed by atoms with E-state index in [4.69, 9.17) is 9.97 Å². The number of benzene rings is 2. The number of imidazole rings is 1. The van der Waals surface area contributed by atoms with Crippen LogP contribution in [0.3, 0.4) is 0 Å². The summed E-state index contributed by atoms with van der Waals surface area (Å²) >= 11 is 0. The SMILES string of the molecule is O=C(NC1CC1)c1ccc(-c2cnc3c(NCCc4ccccn4)nc(-c4ccccc4)cn23)cc1. The Morgan fingerprint density at radius 1 is 0.917 bits per heavy atom. The Balaban J connectivity index is 1.33. The van der Waals surface area contributed by atoms with Crippen LogP contribution >= 0.6 is 0 Å². The number of fused-ring (bicyclic) bond motifs is 1. The lowest BCUT2D eigenvalue weighted by Crippen LogP contribution is -2.25. The van der Waals surface area contributed by atoms with Crippen molar-refractivity contribution in [1.29, 1.82) is 0 Å². The van der Waals surface area contributed by atoms with Gasteiger partial charge in [-0.2, -0.15) is 0 Å². The minimum atomic E-state index is -0.0165. The largest absolute Gasteiger partial charge is 0.367 e. The predicted molar refractivity (Wildman–Crippen MR) is 141 cm³/mol. The van der Waals surface area contributed by atoms with E-state index in [1.807, 2.05) is 79.3 Å². The van der Waals surface area contributed by atoms with Gasteiger partial charge in [0, 0.05) is 53.8 Å². The minimum absolute atomic E-state index is 0.0165. The van der Waals surface area contributed by atoms with Gasteiger partial charge in [-0.1, -0.05) is 48.5 Å². The number of aromatic nitrogens is 4. The molecule has 0 radical (unpaired) electrons. The van der Waals surface area contributed by atoms with Crippen LogP contribution in [0.15, 0.2) is 91.4 Å². The van der Waals surface area contributed by atoms with E-state index in [1.165, 1.54) is 0 Å². The van der Waals surface area contributed by atoms with Gasteiger partial charge in [0.25, 0.3) is 5.91 Å². The number of nitrogens with one attached hydrogen (secondary N) is 2. The Bertz CT molecular complexity index is 1490. The molecule has 1 amide bonds. The smallest absolute Gasteiger partial charge is 0.251 e. The van der Waals surface area contributed by atoms with E-state index in [1.54, 1.807) is 0 Å². The first kappa shape index (κ1) is 22.0. The first-order valence-electron chi connectivity index (χ1n) is 12.2. The van der Waals surface area contributed by atoms with Gasteiger partial charge in [-0.25, -0.2) is 9.97 Å². The second kappa shape index (κ2) is 9.62. The van der Waals surface area contributed by atoms with Crippen molar-refractivity contribution in [3.05, 3.63) is 103 Å². The molecule has 3 heterocycles. The van der Waals surface area contributed by atoms with Crippen molar-refractivity contribution >= 4 is 17.4 Å². The number of carbonyl (C=O) groups is 1. The average Bonchev–Trinajstić information content (AvgIpc) is 3.64. The second-order valence-corrected chi connectivity index (χ2v) is 9.00. The second-order valence-electron chi connectivity index (χ2n) is 9.00. The fraction of sp³-hybridized carbons (Fsp3) is 0.172. The zero-order valence-electron chi connectivity index (χ0n) is 19.8. The van der Waals surface area contributed by atoms with Crippen LogP contribution in [-0.4, -0.2) is 37.8 Å². The summed E-state index contributed by atoms with van der Waals surface area (Å²) in [6, 6.07) is 24.1. The normalized spacial score (nSPS) is 13.0. The molecule has 5 aromatic rings. The van der Waals surface area contributed by atoms with Crippen LogP contribution in [0, 0.1) is 0 Å². The molecule has 2 aromatic carbocycles. The Labute approximate surface area is 209 Å². The summed E-state index contributed by atoms with van der Waals surface area (Å²) in [6.45, 7) is 0.685. The maximum Gasteiger partial charge on any atom is 0.251 e. The molecule has 1 aliphatic rings. The molecular weight excluding hydrogens is 448 g/mol. The number of carbonyl (C=O) groups excluding carboxylic acids is 1. The number of hydrogen-bond donors (Lipinski definition) is 2. The van der Waals surface area contributed by atoms with Gasteiger partial charge in [-0.05, 0) is 37.1 Å². The van der Waals surface area contributed by atoms with Crippen LogP contribution in [0.4, 0.5) is 5.82 Å². The molecule has 0 spiro atoms. The van der Waals surface area contributed by atoms with Gasteiger partial charge >= 0.3 is 0 Å². The van der Waals surface area contributed by atoms with Gasteiger partial charge in [0.05, 0.1) is 17.6 Å². The molecular formula is C29H26N6O. The average molecular weight is 475 g/mol. The van der Waals surface area contributed by atoms with Crippen molar-refractivity contribution in [3.63, 3.8) is 0 Å². The number of pyridine rings is 1. The monoisotopic (exact) mass is 474 g/mol. The predicted octanol–water partition coefficient (Wildman–Crippen LogP) is 5.01. The van der Waals surface area contributed by atoms with E-state index in [2.05, 4.69) is 32.2 Å². The standard InChI is InChI=1S/C29H26N6O/c36-29(33-24-13-14-24)22-11-9-21(10-12-22)26-18-32-28-27(31-17-15-23-8-4-5-16-30-23)34-25(19-35(26)28)20-6-2-1-3-7-20/h1-12,16,18-19,24H,13-15,17H2,(H,31,34)(H,33,36). The molecule has 0 saturated heterocycles. The molecule has 7 nitrogen and oxygen atoms in total. The fourth-order valence-corrected chi connectivity index (χ4v) is 4.21. The maximum absolute atomic E-state index is 12.4. The highest BCUT2D eigenvalue weighted by atomic mass is 16.1. The molecule has 0 unspecified atom stereocenters. The van der Waals surface area contributed by atoms with E-state index in [0.29, 0.717) is 18.2 Å². The van der Waals surface area contributed by atoms with Gasteiger partial charge in [0.2, 0.25) is 0 Å². The number of nitrogens with zero attached hydrogens (tertiary/aromatic N) is 4. The third kappa shape index (κ3) is 4.68. The van der Waals surface area contributed by atoms with Crippen LogP contribution in [0.1, 0.15) is 28.9 Å². The molecule has 1 aliphatic carbocycles. The lowest BCUT2D eigenvalue weighted by Gasteiger charge is -2.11. The van der Waals surface area contributed by atoms with E-state index < -0.39 is 0 Å². The first-order valence-corrected chi connectivity index (χ1v) is 12.2. The molecule has 0 aliphatic heterocycles. The fourth-order valence-electron chi connectivity index (χ4n) is 4.21. The Kier molecular flexibility index (Phi) is 5.87. The summed E-state index contributed by atoms with van der Waals surface area (Å²) in [6.07, 6.45) is 8.61. The summed E-state index contributed by atoms with van der Waals surface area (Å²) in [4.78, 5) is 26.4. The van der Waals surface area contributed by atoms with Gasteiger partial charge in [-0.3, -0.25) is 14.2 Å². The molecule has 1 saturated carbocycles. The van der Waals surface area contributed by atoms with Crippen LogP contribution in [-0.2, 0) is 6.42 Å². The molecule has 2 N–H and O–H groups in total. The Morgan fingerprint density at radius 2 is 1.72 bits per heavy atom. The number of hydrogen-bond acceptors (Lipinski definition) is 5. The quantitative estimate of drug-likeness (QED) is 0.330. The number of rotatable bonds is 8. The molecule has 178 valence electrons. The van der Waals surface area contributed by atoms with Crippen LogP contribution < -0.4 is 10.6 Å². The molecule has 36 heavy (non-hydrogen) atoms. The summed E-state index contributed by atoms with van der Waals surface area (Å²) in [5.74, 6) is 0.705. The van der Waals surface area contributed by atoms with E-state index in [-0.39, 0.29) is 5.91 Å². The van der Waals surface area contributed by atoms with Crippen molar-refractivity contribution in [3.8, 4) is 22.5 Å². The maximum atomic E-state index is 12.4. The van der Waals surface area contributed by atoms with Crippen molar-refractivity contribution in [1.82, 2.24) is 24.7 Å². The molecule has 0 bridgehead atoms. The van der Waals surface area contributed by atoms with E-state index >= 15 is 0 Å². The Morgan fingerprint density at radius 3 is 2.47 bits per heavy atom. The number of anilines is 1. The third-order valence-electron chi connectivity index (χ3n) is 6.32. The number of amides is 1. The van der Waals surface area contributed by atoms with Crippen molar-refractivity contribution in [2.45, 2.75) is 25.3 Å². The van der Waals surface area contributed by atoms with E-state index in [9.17, 15) is 4.79 Å². The topological polar surface area (TPSA) is 84.2 Å². The Hall–Kier alpha value is -4.52. The zero-order chi connectivity index (χ0) is 24.3. The van der Waals surface area contributed by atoms with Gasteiger partial charge in [0.1, 0.15) is 0 Å². The van der Waals surface area contributed by atoms with Gasteiger partial charge in [-0.15, -0.1) is 0 Å². The highest BCUT2D eigenvalue weighted by Gasteiger charge is 2.23. The lowest BCUT2D eigenvalue weighted by molar-refractivity contribution is 0.0951. The molecule has 1 fully saturated rings. The van der Waals surface area contributed by atoms with Gasteiger partial charge in [0.15, 0.2) is 11.5 Å². The molecule has 6 rings (SSSR count). The van der Waals surface area contributed by atoms with Crippen molar-refractivity contribution in [2.24, 2.45) is 0 Å². The summed E-state index contributed by atoms with van der Waals surface area (Å²) < 4.78 is 2.07. The lowest BCUT2D eigenvalue weighted by atomic mass is 10.1. The molecule has 7 heteroatoms. The molecule has 3 aromatic heterocycles. The van der Waals surface area contributed by atoms with E-state index in [0.717, 1.165) is 58.9 Å². The summed E-state index contributed by atoms with van der Waals surface area (Å²) in [5.41, 5.74) is 6.24. The van der Waals surface area contributed by atoms with Crippen LogP contribution in [0.2, 0.25) is 0 Å². The van der Waals surface area contributed by atoms with Gasteiger partial charge < -0.3 is 10.6 Å². The van der Waals surface area contributed by atoms with Crippen molar-refractivity contribution in [2.75, 3.05) is 11.9 Å². The van der Waals surface area contributed by atoms with Crippen LogP contribution in [0.5, 0.6) is 0 Å². The first-order chi connectivity index (χ1) is 17.7. The van der Waals surface area contributed by atoms with Crippen LogP contribution in [0.25, 0.3) is 28.2 Å². The summed E-state index contributed by atoms with van der Waals surface area (Å²) in [5, 5.41) is 6.51. The zero-order valence-corrected chi connectivity index (χ0v) is 19.8. The molecule has 0 atom stereocenters. The minimum Gasteiger partial charge on any atom is -0.367 e. The third-order valence-corrected chi connectivity index (χ3v) is 6.32. The van der Waals surface area contributed by atoms with Crippen molar-refractivity contribution < 1.29 is 4.79 Å². The summed E-state index contributed by atoms with van der Waals surface area (Å²) in [7, 11) is 0. The highest BCUT2D eigenvalue weighted by Crippen LogP contribution is 2.28. The highest BCUT2D eigenvalue weighted by molar-refractivity contribution is 5.95.